The third-order valence-electron chi connectivity index (χ3n) is 2.95. The monoisotopic (exact) mass is 276 g/mol. The lowest BCUT2D eigenvalue weighted by atomic mass is 10.1. The molecule has 2 unspecified atom stereocenters. The van der Waals surface area contributed by atoms with Crippen LogP contribution in [0.5, 0.6) is 5.75 Å². The summed E-state index contributed by atoms with van der Waals surface area (Å²) in [6.07, 6.45) is -0.108. The normalized spacial score (nSPS) is 13.9. The largest absolute Gasteiger partial charge is 0.484 e. The molecule has 0 aliphatic carbocycles. The zero-order valence-electron chi connectivity index (χ0n) is 11.5. The second-order valence-electron chi connectivity index (χ2n) is 4.85. The molecule has 0 fully saturated rings. The van der Waals surface area contributed by atoms with Gasteiger partial charge in [0.15, 0.2) is 0 Å². The molecule has 102 valence electrons. The topological polar surface area (TPSA) is 38.5 Å². The van der Waals surface area contributed by atoms with Crippen LogP contribution < -0.4 is 15.4 Å². The molecule has 0 radical (unpaired) electrons. The van der Waals surface area contributed by atoms with Gasteiger partial charge in [-0.2, -0.15) is 11.3 Å². The number of hydrogen-bond acceptors (Lipinski definition) is 4. The van der Waals surface area contributed by atoms with Crippen LogP contribution in [0.4, 0.5) is 5.69 Å². The number of benzene rings is 1. The molecule has 0 aliphatic rings. The number of nitrogens with zero attached hydrogens (tertiary/aromatic N) is 1. The van der Waals surface area contributed by atoms with Crippen LogP contribution in [-0.4, -0.2) is 20.1 Å². The van der Waals surface area contributed by atoms with E-state index in [1.165, 1.54) is 0 Å². The minimum absolute atomic E-state index is 0.0578. The first-order valence-corrected chi connectivity index (χ1v) is 7.24. The maximum Gasteiger partial charge on any atom is 0.139 e. The first kappa shape index (κ1) is 13.9. The number of rotatable bonds is 5. The summed E-state index contributed by atoms with van der Waals surface area (Å²) in [6.45, 7) is 1.97. The average molecular weight is 276 g/mol. The Kier molecular flexibility index (Phi) is 4.45. The second-order valence-corrected chi connectivity index (χ2v) is 5.63. The Morgan fingerprint density at radius 1 is 1.26 bits per heavy atom. The minimum Gasteiger partial charge on any atom is -0.484 e. The van der Waals surface area contributed by atoms with E-state index in [-0.39, 0.29) is 12.1 Å². The lowest BCUT2D eigenvalue weighted by molar-refractivity contribution is 0.181. The molecule has 3 nitrogen and oxygen atoms in total. The quantitative estimate of drug-likeness (QED) is 0.911. The number of thiophene rings is 1. The maximum absolute atomic E-state index is 6.07. The smallest absolute Gasteiger partial charge is 0.139 e. The van der Waals surface area contributed by atoms with Gasteiger partial charge in [-0.05, 0) is 35.9 Å². The zero-order valence-corrected chi connectivity index (χ0v) is 12.4. The van der Waals surface area contributed by atoms with Crippen LogP contribution in [0, 0.1) is 0 Å². The van der Waals surface area contributed by atoms with Crippen LogP contribution in [0.25, 0.3) is 0 Å². The van der Waals surface area contributed by atoms with Crippen LogP contribution >= 0.6 is 11.3 Å². The van der Waals surface area contributed by atoms with E-state index in [0.29, 0.717) is 0 Å². The van der Waals surface area contributed by atoms with Crippen molar-refractivity contribution in [2.45, 2.75) is 19.1 Å². The van der Waals surface area contributed by atoms with Gasteiger partial charge < -0.3 is 15.4 Å². The number of ether oxygens (including phenoxy) is 1. The lowest BCUT2D eigenvalue weighted by Crippen LogP contribution is -2.28. The highest BCUT2D eigenvalue weighted by Crippen LogP contribution is 2.28. The van der Waals surface area contributed by atoms with Gasteiger partial charge in [-0.3, -0.25) is 0 Å². The Bertz CT molecular complexity index is 509. The molecule has 19 heavy (non-hydrogen) atoms. The minimum atomic E-state index is -0.108. The Labute approximate surface area is 118 Å². The van der Waals surface area contributed by atoms with Gasteiger partial charge in [0.25, 0.3) is 0 Å². The second kappa shape index (κ2) is 6.08. The Morgan fingerprint density at radius 2 is 2.05 bits per heavy atom. The van der Waals surface area contributed by atoms with Gasteiger partial charge in [0.2, 0.25) is 0 Å². The summed E-state index contributed by atoms with van der Waals surface area (Å²) in [5.74, 6) is 0.847. The highest BCUT2D eigenvalue weighted by Gasteiger charge is 2.18. The van der Waals surface area contributed by atoms with E-state index in [1.54, 1.807) is 11.3 Å². The van der Waals surface area contributed by atoms with E-state index in [2.05, 4.69) is 22.4 Å². The molecule has 2 atom stereocenters. The zero-order chi connectivity index (χ0) is 13.8. The fourth-order valence-corrected chi connectivity index (χ4v) is 2.58. The molecule has 1 heterocycles. The van der Waals surface area contributed by atoms with Gasteiger partial charge in [0, 0.05) is 37.5 Å². The summed E-state index contributed by atoms with van der Waals surface area (Å²) < 4.78 is 6.07. The molecular weight excluding hydrogens is 256 g/mol. The number of hydrogen-bond donors (Lipinski definition) is 1. The van der Waals surface area contributed by atoms with Gasteiger partial charge in [-0.15, -0.1) is 0 Å². The van der Waals surface area contributed by atoms with Crippen LogP contribution in [0.15, 0.2) is 41.1 Å². The van der Waals surface area contributed by atoms with Crippen LogP contribution in [-0.2, 0) is 0 Å². The first-order valence-electron chi connectivity index (χ1n) is 6.29. The third-order valence-corrected chi connectivity index (χ3v) is 3.65. The summed E-state index contributed by atoms with van der Waals surface area (Å²) >= 11 is 1.66. The standard InChI is InChI=1S/C15H20N2OS/c1-11(16)15(12-7-8-19-10-12)18-14-6-4-5-13(9-14)17(2)3/h4-11,15H,16H2,1-3H3. The van der Waals surface area contributed by atoms with Crippen molar-refractivity contribution in [3.05, 3.63) is 46.7 Å². The average Bonchev–Trinajstić information content (AvgIpc) is 2.89. The molecule has 1 aromatic carbocycles. The van der Waals surface area contributed by atoms with Crippen molar-refractivity contribution in [1.29, 1.82) is 0 Å². The van der Waals surface area contributed by atoms with Crippen LogP contribution in [0.2, 0.25) is 0 Å². The number of anilines is 1. The Morgan fingerprint density at radius 3 is 2.63 bits per heavy atom. The summed E-state index contributed by atoms with van der Waals surface area (Å²) in [7, 11) is 4.03. The summed E-state index contributed by atoms with van der Waals surface area (Å²) in [5, 5.41) is 4.13. The molecule has 0 spiro atoms. The molecule has 2 rings (SSSR count). The molecule has 0 saturated carbocycles. The van der Waals surface area contributed by atoms with Gasteiger partial charge in [-0.25, -0.2) is 0 Å². The van der Waals surface area contributed by atoms with Crippen molar-refractivity contribution in [3.8, 4) is 5.75 Å². The highest BCUT2D eigenvalue weighted by molar-refractivity contribution is 7.07. The van der Waals surface area contributed by atoms with E-state index >= 15 is 0 Å². The molecule has 0 bridgehead atoms. The van der Waals surface area contributed by atoms with Crippen molar-refractivity contribution in [2.75, 3.05) is 19.0 Å². The SMILES string of the molecule is CC(N)C(Oc1cccc(N(C)C)c1)c1ccsc1. The maximum atomic E-state index is 6.07. The van der Waals surface area contributed by atoms with E-state index < -0.39 is 0 Å². The molecule has 2 N–H and O–H groups in total. The van der Waals surface area contributed by atoms with Crippen LogP contribution in [0.1, 0.15) is 18.6 Å². The van der Waals surface area contributed by atoms with Crippen molar-refractivity contribution in [2.24, 2.45) is 5.73 Å². The van der Waals surface area contributed by atoms with Gasteiger partial charge in [0.1, 0.15) is 11.9 Å². The molecule has 2 aromatic rings. The fourth-order valence-electron chi connectivity index (χ4n) is 1.90. The molecule has 4 heteroatoms. The third kappa shape index (κ3) is 3.49. The van der Waals surface area contributed by atoms with E-state index in [1.807, 2.05) is 44.6 Å². The van der Waals surface area contributed by atoms with Gasteiger partial charge in [0.05, 0.1) is 0 Å². The predicted molar refractivity (Wildman–Crippen MR) is 82.1 cm³/mol. The summed E-state index contributed by atoms with van der Waals surface area (Å²) in [4.78, 5) is 2.05. The summed E-state index contributed by atoms with van der Waals surface area (Å²) in [5.41, 5.74) is 8.29. The van der Waals surface area contributed by atoms with Crippen LogP contribution in [0.3, 0.4) is 0 Å². The Hall–Kier alpha value is -1.52. The fraction of sp³-hybridized carbons (Fsp3) is 0.333. The molecule has 0 aliphatic heterocycles. The molecular formula is C15H20N2OS. The highest BCUT2D eigenvalue weighted by atomic mass is 32.1. The molecule has 0 saturated heterocycles. The van der Waals surface area contributed by atoms with E-state index in [0.717, 1.165) is 17.0 Å². The Balaban J connectivity index is 2.20. The lowest BCUT2D eigenvalue weighted by Gasteiger charge is -2.23. The molecule has 0 amide bonds. The number of nitrogens with two attached hydrogens (primary N) is 1. The predicted octanol–water partition coefficient (Wildman–Crippen LogP) is 3.28. The van der Waals surface area contributed by atoms with Gasteiger partial charge >= 0.3 is 0 Å². The summed E-state index contributed by atoms with van der Waals surface area (Å²) in [6, 6.07) is 10.1. The van der Waals surface area contributed by atoms with Crippen molar-refractivity contribution in [1.82, 2.24) is 0 Å². The van der Waals surface area contributed by atoms with Gasteiger partial charge in [-0.1, -0.05) is 6.07 Å². The van der Waals surface area contributed by atoms with E-state index in [9.17, 15) is 0 Å². The van der Waals surface area contributed by atoms with Crippen molar-refractivity contribution >= 4 is 17.0 Å². The van der Waals surface area contributed by atoms with E-state index in [4.69, 9.17) is 10.5 Å². The molecule has 1 aromatic heterocycles. The van der Waals surface area contributed by atoms with Crippen molar-refractivity contribution < 1.29 is 4.74 Å². The first-order chi connectivity index (χ1) is 9.08. The van der Waals surface area contributed by atoms with Crippen molar-refractivity contribution in [3.63, 3.8) is 0 Å².